The summed E-state index contributed by atoms with van der Waals surface area (Å²) in [4.78, 5) is 6.56. The first-order valence-corrected chi connectivity index (χ1v) is 5.38. The van der Waals surface area contributed by atoms with E-state index in [1.807, 2.05) is 12.3 Å². The number of anilines is 1. The summed E-state index contributed by atoms with van der Waals surface area (Å²) in [5.74, 6) is 0. The second-order valence-corrected chi connectivity index (χ2v) is 4.04. The number of ether oxygens (including phenoxy) is 1. The summed E-state index contributed by atoms with van der Waals surface area (Å²) in [6.07, 6.45) is 1.92. The smallest absolute Gasteiger partial charge is 0.101 e. The molecule has 13 heavy (non-hydrogen) atoms. The van der Waals surface area contributed by atoms with Crippen molar-refractivity contribution in [3.63, 3.8) is 0 Å². The zero-order valence-electron chi connectivity index (χ0n) is 7.24. The molecule has 1 aliphatic rings. The van der Waals surface area contributed by atoms with Gasteiger partial charge in [-0.25, -0.2) is 4.98 Å². The fraction of sp³-hybridized carbons (Fsp3) is 0.444. The highest BCUT2D eigenvalue weighted by Crippen LogP contribution is 2.14. The first-order chi connectivity index (χ1) is 6.36. The van der Waals surface area contributed by atoms with Crippen LogP contribution in [-0.2, 0) is 4.74 Å². The molecule has 0 atom stereocenters. The molecule has 3 nitrogen and oxygen atoms in total. The van der Waals surface area contributed by atoms with Gasteiger partial charge in [-0.1, -0.05) is 0 Å². The lowest BCUT2D eigenvalue weighted by atomic mass is 10.3. The van der Waals surface area contributed by atoms with E-state index in [0.29, 0.717) is 0 Å². The van der Waals surface area contributed by atoms with Crippen LogP contribution >= 0.6 is 22.6 Å². The second kappa shape index (κ2) is 4.23. The lowest BCUT2D eigenvalue weighted by molar-refractivity contribution is 0.122. The van der Waals surface area contributed by atoms with Gasteiger partial charge in [0.05, 0.1) is 25.1 Å². The van der Waals surface area contributed by atoms with Crippen LogP contribution in [0.3, 0.4) is 0 Å². The Bertz CT molecular complexity index is 269. The minimum absolute atomic E-state index is 0.825. The van der Waals surface area contributed by atoms with Crippen molar-refractivity contribution in [3.8, 4) is 0 Å². The monoisotopic (exact) mass is 290 g/mol. The SMILES string of the molecule is Ic1ccc(N2CCOCC2)cn1. The first kappa shape index (κ1) is 9.21. The highest BCUT2D eigenvalue weighted by molar-refractivity contribution is 14.1. The van der Waals surface area contributed by atoms with Crippen LogP contribution in [0.2, 0.25) is 0 Å². The third-order valence-electron chi connectivity index (χ3n) is 2.09. The van der Waals surface area contributed by atoms with Crippen LogP contribution < -0.4 is 4.90 Å². The molecule has 2 heterocycles. The molecule has 0 radical (unpaired) electrons. The van der Waals surface area contributed by atoms with Gasteiger partial charge < -0.3 is 9.64 Å². The van der Waals surface area contributed by atoms with Gasteiger partial charge in [-0.3, -0.25) is 0 Å². The zero-order chi connectivity index (χ0) is 9.10. The van der Waals surface area contributed by atoms with Gasteiger partial charge in [0, 0.05) is 13.1 Å². The molecule has 1 fully saturated rings. The molecule has 0 amide bonds. The molecule has 1 aromatic heterocycles. The van der Waals surface area contributed by atoms with E-state index in [-0.39, 0.29) is 0 Å². The number of hydrogen-bond donors (Lipinski definition) is 0. The molecule has 4 heteroatoms. The van der Waals surface area contributed by atoms with Crippen molar-refractivity contribution in [2.24, 2.45) is 0 Å². The van der Waals surface area contributed by atoms with Crippen LogP contribution in [0.25, 0.3) is 0 Å². The molecule has 0 unspecified atom stereocenters. The number of nitrogens with zero attached hydrogens (tertiary/aromatic N) is 2. The Balaban J connectivity index is 2.10. The molecule has 0 saturated carbocycles. The van der Waals surface area contributed by atoms with Crippen molar-refractivity contribution in [2.75, 3.05) is 31.2 Å². The molecule has 1 saturated heterocycles. The Morgan fingerprint density at radius 1 is 1.31 bits per heavy atom. The summed E-state index contributed by atoms with van der Waals surface area (Å²) in [5, 5.41) is 0. The van der Waals surface area contributed by atoms with Gasteiger partial charge in [-0.2, -0.15) is 0 Å². The normalized spacial score (nSPS) is 17.5. The van der Waals surface area contributed by atoms with Crippen molar-refractivity contribution in [1.82, 2.24) is 4.98 Å². The highest BCUT2D eigenvalue weighted by atomic mass is 127. The van der Waals surface area contributed by atoms with E-state index in [9.17, 15) is 0 Å². The number of morpholine rings is 1. The topological polar surface area (TPSA) is 25.4 Å². The van der Waals surface area contributed by atoms with Crippen molar-refractivity contribution < 1.29 is 4.74 Å². The van der Waals surface area contributed by atoms with E-state index in [0.717, 1.165) is 30.0 Å². The summed E-state index contributed by atoms with van der Waals surface area (Å²) < 4.78 is 6.32. The van der Waals surface area contributed by atoms with Crippen LogP contribution in [0, 0.1) is 3.70 Å². The maximum absolute atomic E-state index is 5.28. The molecule has 2 rings (SSSR count). The van der Waals surface area contributed by atoms with E-state index in [1.165, 1.54) is 5.69 Å². The molecule has 0 aromatic carbocycles. The first-order valence-electron chi connectivity index (χ1n) is 4.30. The summed E-state index contributed by atoms with van der Waals surface area (Å²) in [6, 6.07) is 4.14. The largest absolute Gasteiger partial charge is 0.378 e. The van der Waals surface area contributed by atoms with Gasteiger partial charge in [0.1, 0.15) is 3.70 Å². The minimum Gasteiger partial charge on any atom is -0.378 e. The van der Waals surface area contributed by atoms with Crippen LogP contribution in [0.5, 0.6) is 0 Å². The van der Waals surface area contributed by atoms with Crippen LogP contribution in [0.1, 0.15) is 0 Å². The van der Waals surface area contributed by atoms with Gasteiger partial charge in [0.15, 0.2) is 0 Å². The fourth-order valence-electron chi connectivity index (χ4n) is 1.38. The molecular formula is C9H11IN2O. The molecule has 0 N–H and O–H groups in total. The van der Waals surface area contributed by atoms with Gasteiger partial charge in [0.25, 0.3) is 0 Å². The number of hydrogen-bond acceptors (Lipinski definition) is 3. The average Bonchev–Trinajstić information content (AvgIpc) is 2.20. The molecule has 0 aliphatic carbocycles. The van der Waals surface area contributed by atoms with Crippen LogP contribution in [0.15, 0.2) is 18.3 Å². The van der Waals surface area contributed by atoms with E-state index >= 15 is 0 Å². The number of aromatic nitrogens is 1. The zero-order valence-corrected chi connectivity index (χ0v) is 9.40. The maximum Gasteiger partial charge on any atom is 0.101 e. The van der Waals surface area contributed by atoms with Gasteiger partial charge >= 0.3 is 0 Å². The van der Waals surface area contributed by atoms with Gasteiger partial charge in [0.2, 0.25) is 0 Å². The second-order valence-electron chi connectivity index (χ2n) is 2.94. The van der Waals surface area contributed by atoms with Crippen molar-refractivity contribution in [3.05, 3.63) is 22.0 Å². The summed E-state index contributed by atoms with van der Waals surface area (Å²) >= 11 is 2.21. The Morgan fingerprint density at radius 3 is 2.69 bits per heavy atom. The summed E-state index contributed by atoms with van der Waals surface area (Å²) in [7, 11) is 0. The standard InChI is InChI=1S/C9H11IN2O/c10-9-2-1-8(7-11-9)12-3-5-13-6-4-12/h1-2,7H,3-6H2. The van der Waals surface area contributed by atoms with Crippen molar-refractivity contribution in [1.29, 1.82) is 0 Å². The van der Waals surface area contributed by atoms with Crippen LogP contribution in [0.4, 0.5) is 5.69 Å². The molecule has 1 aromatic rings. The van der Waals surface area contributed by atoms with E-state index in [4.69, 9.17) is 4.74 Å². The molecule has 70 valence electrons. The minimum atomic E-state index is 0.825. The summed E-state index contributed by atoms with van der Waals surface area (Å²) in [6.45, 7) is 3.60. The molecule has 0 bridgehead atoms. The lowest BCUT2D eigenvalue weighted by Gasteiger charge is -2.28. The maximum atomic E-state index is 5.28. The predicted molar refractivity (Wildman–Crippen MR) is 60.0 cm³/mol. The summed E-state index contributed by atoms with van der Waals surface area (Å²) in [5.41, 5.74) is 1.20. The third kappa shape index (κ3) is 2.31. The molecular weight excluding hydrogens is 279 g/mol. The number of rotatable bonds is 1. The Kier molecular flexibility index (Phi) is 3.00. The Labute approximate surface area is 91.2 Å². The van der Waals surface area contributed by atoms with E-state index in [1.54, 1.807) is 0 Å². The highest BCUT2D eigenvalue weighted by Gasteiger charge is 2.10. The number of halogens is 1. The van der Waals surface area contributed by atoms with Crippen molar-refractivity contribution in [2.45, 2.75) is 0 Å². The van der Waals surface area contributed by atoms with Gasteiger partial charge in [-0.15, -0.1) is 0 Å². The molecule has 0 spiro atoms. The van der Waals surface area contributed by atoms with E-state index in [2.05, 4.69) is 38.5 Å². The Hall–Kier alpha value is -0.360. The van der Waals surface area contributed by atoms with Crippen molar-refractivity contribution >= 4 is 28.3 Å². The third-order valence-corrected chi connectivity index (χ3v) is 2.73. The fourth-order valence-corrected chi connectivity index (χ4v) is 1.70. The predicted octanol–water partition coefficient (Wildman–Crippen LogP) is 1.52. The quantitative estimate of drug-likeness (QED) is 0.579. The van der Waals surface area contributed by atoms with Crippen LogP contribution in [-0.4, -0.2) is 31.3 Å². The van der Waals surface area contributed by atoms with Gasteiger partial charge in [-0.05, 0) is 34.7 Å². The van der Waals surface area contributed by atoms with E-state index < -0.39 is 0 Å². The number of pyridine rings is 1. The molecule has 1 aliphatic heterocycles. The average molecular weight is 290 g/mol. The lowest BCUT2D eigenvalue weighted by Crippen LogP contribution is -2.36. The Morgan fingerprint density at radius 2 is 2.08 bits per heavy atom.